The average molecular weight is 223 g/mol. The van der Waals surface area contributed by atoms with E-state index in [0.717, 1.165) is 6.07 Å². The van der Waals surface area contributed by atoms with Crippen molar-refractivity contribution in [3.05, 3.63) is 34.4 Å². The standard InChI is InChI=1S/C6H4ClNO4S/c7-13(11,12)6-3-1-2-5(4-6)8(9)10/h1-4H/p+1. The lowest BCUT2D eigenvalue weighted by Crippen LogP contribution is -1.99. The summed E-state index contributed by atoms with van der Waals surface area (Å²) in [5.41, 5.74) is -0.264. The molecule has 1 aromatic carbocycles. The van der Waals surface area contributed by atoms with Gasteiger partial charge in [-0.3, -0.25) is 10.1 Å². The molecule has 1 atom stereocenters. The molecule has 0 aromatic heterocycles. The molecule has 1 aromatic rings. The molecule has 13 heavy (non-hydrogen) atoms. The van der Waals surface area contributed by atoms with Gasteiger partial charge in [-0.05, 0) is 10.3 Å². The van der Waals surface area contributed by atoms with Crippen LogP contribution in [0.25, 0.3) is 0 Å². The van der Waals surface area contributed by atoms with Gasteiger partial charge in [0, 0.05) is 6.07 Å². The van der Waals surface area contributed by atoms with Gasteiger partial charge in [-0.15, -0.1) is 0 Å². The van der Waals surface area contributed by atoms with E-state index < -0.39 is 14.4 Å². The fourth-order valence-electron chi connectivity index (χ4n) is 0.754. The van der Waals surface area contributed by atoms with E-state index in [-0.39, 0.29) is 10.6 Å². The maximum absolute atomic E-state index is 10.9. The first-order valence-electron chi connectivity index (χ1n) is 3.12. The molecule has 7 heteroatoms. The normalized spacial score (nSPS) is 14.9. The van der Waals surface area contributed by atoms with Gasteiger partial charge in [0.2, 0.25) is 15.6 Å². The molecule has 0 aliphatic rings. The van der Waals surface area contributed by atoms with Gasteiger partial charge in [0.05, 0.1) is 11.0 Å². The molecule has 0 heterocycles. The summed E-state index contributed by atoms with van der Waals surface area (Å²) in [5, 5.41) is 10.3. The van der Waals surface area contributed by atoms with Crippen LogP contribution in [0.4, 0.5) is 5.69 Å². The van der Waals surface area contributed by atoms with Crippen molar-refractivity contribution in [1.82, 2.24) is 0 Å². The summed E-state index contributed by atoms with van der Waals surface area (Å²) in [5.74, 6) is 0. The number of nitrogens with zero attached hydrogens (tertiary/aromatic N) is 1. The number of rotatable bonds is 2. The van der Waals surface area contributed by atoms with Crippen LogP contribution in [0, 0.1) is 10.1 Å². The minimum absolute atomic E-state index is 0.164. The van der Waals surface area contributed by atoms with E-state index in [1.54, 1.807) is 0 Å². The topological polar surface area (TPSA) is 80.4 Å². The van der Waals surface area contributed by atoms with Gasteiger partial charge < -0.3 is 0 Å². The van der Waals surface area contributed by atoms with E-state index in [2.05, 4.69) is 0 Å². The summed E-state index contributed by atoms with van der Waals surface area (Å²) < 4.78 is 19.7. The molecule has 0 amide bonds. The largest absolute Gasteiger partial charge is 0.348 e. The fraction of sp³-hybridized carbons (Fsp3) is 0. The lowest BCUT2D eigenvalue weighted by Gasteiger charge is -1.93. The van der Waals surface area contributed by atoms with Gasteiger partial charge in [0.25, 0.3) is 5.69 Å². The van der Waals surface area contributed by atoms with Gasteiger partial charge in [0.1, 0.15) is 0 Å². The Labute approximate surface area is 79.2 Å². The third-order valence-electron chi connectivity index (χ3n) is 1.32. The van der Waals surface area contributed by atoms with Crippen LogP contribution in [-0.4, -0.2) is 9.48 Å². The van der Waals surface area contributed by atoms with E-state index in [4.69, 9.17) is 15.2 Å². The van der Waals surface area contributed by atoms with Crippen molar-refractivity contribution in [2.45, 2.75) is 4.90 Å². The zero-order valence-electron chi connectivity index (χ0n) is 6.21. The van der Waals surface area contributed by atoms with E-state index in [1.807, 2.05) is 0 Å². The molecule has 0 spiro atoms. The molecule has 1 unspecified atom stereocenters. The van der Waals surface area contributed by atoms with Crippen LogP contribution in [-0.2, 0) is 13.6 Å². The highest BCUT2D eigenvalue weighted by Gasteiger charge is 2.28. The number of benzene rings is 1. The molecular weight excluding hydrogens is 218 g/mol. The van der Waals surface area contributed by atoms with Crippen LogP contribution in [0.5, 0.6) is 0 Å². The van der Waals surface area contributed by atoms with Crippen molar-refractivity contribution in [1.29, 1.82) is 0 Å². The predicted octanol–water partition coefficient (Wildman–Crippen LogP) is 2.08. The second kappa shape index (κ2) is 3.41. The molecule has 5 nitrogen and oxygen atoms in total. The Morgan fingerprint density at radius 2 is 2.15 bits per heavy atom. The Kier molecular flexibility index (Phi) is 2.65. The second-order valence-corrected chi connectivity index (χ2v) is 4.86. The predicted molar refractivity (Wildman–Crippen MR) is 47.9 cm³/mol. The molecule has 0 saturated carbocycles. The van der Waals surface area contributed by atoms with Crippen molar-refractivity contribution in [3.8, 4) is 0 Å². The quantitative estimate of drug-likeness (QED) is 0.360. The number of nitro groups is 1. The van der Waals surface area contributed by atoms with Gasteiger partial charge >= 0.3 is 9.43 Å². The number of halogens is 1. The van der Waals surface area contributed by atoms with Gasteiger partial charge in [-0.25, -0.2) is 0 Å². The second-order valence-electron chi connectivity index (χ2n) is 2.21. The molecule has 1 rings (SSSR count). The maximum Gasteiger partial charge on any atom is 0.348 e. The number of non-ortho nitro benzene ring substituents is 1. The van der Waals surface area contributed by atoms with E-state index in [0.29, 0.717) is 0 Å². The third-order valence-corrected chi connectivity index (χ3v) is 2.69. The Hall–Kier alpha value is -0.980. The zero-order valence-corrected chi connectivity index (χ0v) is 7.79. The molecule has 0 aliphatic heterocycles. The summed E-state index contributed by atoms with van der Waals surface area (Å²) in [6, 6.07) is 4.73. The highest BCUT2D eigenvalue weighted by atomic mass is 35.7. The minimum atomic E-state index is -3.64. The Morgan fingerprint density at radius 1 is 1.54 bits per heavy atom. The van der Waals surface area contributed by atoms with Crippen molar-refractivity contribution in [2.75, 3.05) is 0 Å². The van der Waals surface area contributed by atoms with Crippen LogP contribution in [0.1, 0.15) is 0 Å². The van der Waals surface area contributed by atoms with Gasteiger partial charge in [-0.2, -0.15) is 4.55 Å². The highest BCUT2D eigenvalue weighted by Crippen LogP contribution is 2.24. The van der Waals surface area contributed by atoms with Crippen molar-refractivity contribution in [2.24, 2.45) is 0 Å². The molecule has 0 aliphatic carbocycles. The van der Waals surface area contributed by atoms with E-state index in [1.165, 1.54) is 18.2 Å². The van der Waals surface area contributed by atoms with Gasteiger partial charge in [0.15, 0.2) is 0 Å². The Morgan fingerprint density at radius 3 is 2.62 bits per heavy atom. The van der Waals surface area contributed by atoms with Crippen LogP contribution >= 0.6 is 10.7 Å². The molecule has 1 N–H and O–H groups in total. The van der Waals surface area contributed by atoms with Crippen LogP contribution in [0.15, 0.2) is 29.2 Å². The fourth-order valence-corrected chi connectivity index (χ4v) is 1.55. The average Bonchev–Trinajstić information content (AvgIpc) is 2.03. The molecule has 0 radical (unpaired) electrons. The van der Waals surface area contributed by atoms with Gasteiger partial charge in [-0.1, -0.05) is 6.07 Å². The summed E-state index contributed by atoms with van der Waals surface area (Å²) in [7, 11) is 1.45. The lowest BCUT2D eigenvalue weighted by molar-refractivity contribution is -0.385. The van der Waals surface area contributed by atoms with Crippen LogP contribution < -0.4 is 0 Å². The lowest BCUT2D eigenvalue weighted by atomic mass is 10.3. The van der Waals surface area contributed by atoms with E-state index in [9.17, 15) is 14.3 Å². The summed E-state index contributed by atoms with van der Waals surface area (Å²) in [4.78, 5) is 9.44. The van der Waals surface area contributed by atoms with E-state index >= 15 is 0 Å². The summed E-state index contributed by atoms with van der Waals surface area (Å²) in [6.45, 7) is 0. The molecule has 0 fully saturated rings. The molecule has 0 saturated heterocycles. The molecular formula is C6H5ClNO4S+. The number of hydrogen-bond acceptors (Lipinski definition) is 3. The number of hydrogen-bond donors (Lipinski definition) is 1. The SMILES string of the molecule is O=[N+]([O-])c1cccc([S+](=O)(O)Cl)c1. The smallest absolute Gasteiger partial charge is 0.258 e. The van der Waals surface area contributed by atoms with Crippen molar-refractivity contribution < 1.29 is 13.7 Å². The van der Waals surface area contributed by atoms with Crippen molar-refractivity contribution >= 4 is 25.8 Å². The minimum Gasteiger partial charge on any atom is -0.258 e. The highest BCUT2D eigenvalue weighted by molar-refractivity contribution is 8.19. The Balaban J connectivity index is 3.21. The zero-order chi connectivity index (χ0) is 10.1. The molecule has 70 valence electrons. The first-order chi connectivity index (χ1) is 5.91. The molecule has 0 bridgehead atoms. The monoisotopic (exact) mass is 222 g/mol. The Bertz CT molecular complexity index is 388. The first kappa shape index (κ1) is 10.1. The third kappa shape index (κ3) is 2.48. The number of nitro benzene ring substituents is 1. The first-order valence-corrected chi connectivity index (χ1v) is 5.46. The maximum atomic E-state index is 10.9. The van der Waals surface area contributed by atoms with Crippen molar-refractivity contribution in [3.63, 3.8) is 0 Å². The van der Waals surface area contributed by atoms with Crippen LogP contribution in [0.2, 0.25) is 0 Å². The summed E-state index contributed by atoms with van der Waals surface area (Å²) >= 11 is 0. The van der Waals surface area contributed by atoms with Crippen LogP contribution in [0.3, 0.4) is 0 Å². The summed E-state index contributed by atoms with van der Waals surface area (Å²) in [6.07, 6.45) is 0.